The van der Waals surface area contributed by atoms with Crippen molar-refractivity contribution in [2.45, 2.75) is 33.7 Å². The normalized spacial score (nSPS) is 10.6. The van der Waals surface area contributed by atoms with E-state index in [4.69, 9.17) is 14.4 Å². The maximum atomic E-state index is 12.5. The monoisotopic (exact) mass is 438 g/mol. The number of carbonyl (C=O) groups excluding carboxylic acids is 2. The number of aromatic nitrogens is 5. The number of rotatable bonds is 6. The van der Waals surface area contributed by atoms with E-state index in [0.717, 1.165) is 35.7 Å². The third kappa shape index (κ3) is 4.85. The van der Waals surface area contributed by atoms with Crippen molar-refractivity contribution in [1.29, 1.82) is 0 Å². The summed E-state index contributed by atoms with van der Waals surface area (Å²) in [6.07, 6.45) is 8.68. The van der Waals surface area contributed by atoms with Gasteiger partial charge in [0.2, 0.25) is 0 Å². The van der Waals surface area contributed by atoms with Gasteiger partial charge in [-0.15, -0.1) is 4.68 Å². The van der Waals surface area contributed by atoms with Crippen molar-refractivity contribution in [3.8, 4) is 11.3 Å². The molecule has 0 aromatic carbocycles. The molecule has 0 spiro atoms. The van der Waals surface area contributed by atoms with Gasteiger partial charge in [0, 0.05) is 30.3 Å². The Kier molecular flexibility index (Phi) is 7.04. The van der Waals surface area contributed by atoms with Gasteiger partial charge >= 0.3 is 0 Å². The summed E-state index contributed by atoms with van der Waals surface area (Å²) in [5.41, 5.74) is 5.18. The second-order valence-corrected chi connectivity index (χ2v) is 7.43. The highest BCUT2D eigenvalue weighted by atomic mass is 16.5. The van der Waals surface area contributed by atoms with Crippen LogP contribution in [0.4, 0.5) is 0 Å². The molecule has 32 heavy (non-hydrogen) atoms. The van der Waals surface area contributed by atoms with Crippen molar-refractivity contribution < 1.29 is 23.9 Å². The van der Waals surface area contributed by atoms with Crippen LogP contribution in [0.15, 0.2) is 41.4 Å². The number of amides is 1. The number of nitrogens with zero attached hydrogens (tertiary/aromatic N) is 5. The minimum absolute atomic E-state index is 0.0950. The van der Waals surface area contributed by atoms with Crippen LogP contribution in [0.25, 0.3) is 16.9 Å². The van der Waals surface area contributed by atoms with Crippen LogP contribution in [0.1, 0.15) is 33.8 Å². The number of nitrogens with one attached hydrogen (secondary N) is 1. The van der Waals surface area contributed by atoms with E-state index in [-0.39, 0.29) is 5.91 Å². The lowest BCUT2D eigenvalue weighted by Crippen LogP contribution is -2.38. The molecule has 0 aliphatic heterocycles. The van der Waals surface area contributed by atoms with Crippen LogP contribution in [0, 0.1) is 20.8 Å². The number of fused-ring (bicyclic) bond motifs is 1. The van der Waals surface area contributed by atoms with Gasteiger partial charge in [-0.1, -0.05) is 5.16 Å². The predicted octanol–water partition coefficient (Wildman–Crippen LogP) is 0.727. The first-order valence-corrected chi connectivity index (χ1v) is 10.1. The van der Waals surface area contributed by atoms with Crippen LogP contribution < -0.4 is 15.1 Å². The molecule has 0 atom stereocenters. The summed E-state index contributed by atoms with van der Waals surface area (Å²) in [4.78, 5) is 25.2. The smallest absolute Gasteiger partial charge is 0.251 e. The third-order valence-electron chi connectivity index (χ3n) is 5.06. The van der Waals surface area contributed by atoms with Gasteiger partial charge in [-0.3, -0.25) is 9.20 Å². The third-order valence-corrected chi connectivity index (χ3v) is 5.06. The van der Waals surface area contributed by atoms with Crippen molar-refractivity contribution in [3.05, 3.63) is 59.5 Å². The average Bonchev–Trinajstić information content (AvgIpc) is 3.41. The Morgan fingerprint density at radius 1 is 1.34 bits per heavy atom. The molecule has 0 aliphatic rings. The van der Waals surface area contributed by atoms with Gasteiger partial charge in [0.15, 0.2) is 13.2 Å². The van der Waals surface area contributed by atoms with Gasteiger partial charge < -0.3 is 19.7 Å². The summed E-state index contributed by atoms with van der Waals surface area (Å²) in [6, 6.07) is 3.60. The molecule has 10 heteroatoms. The second-order valence-electron chi connectivity index (χ2n) is 7.43. The standard InChI is InChI=1S/C21H24N6O2.CH2O2/c1-14-12-25(4)26(13-14)8-5-7-22-21(28)17-6-9-27-18(11-23-19(27)10-17)20-15(2)24-29-16(20)3;2-1-3/h6,9-13H,5,7-8H2,1-4H3;1H,(H,2,3). The summed E-state index contributed by atoms with van der Waals surface area (Å²) in [5.74, 6) is 0.653. The Morgan fingerprint density at radius 3 is 2.72 bits per heavy atom. The minimum Gasteiger partial charge on any atom is -0.554 e. The van der Waals surface area contributed by atoms with Crippen LogP contribution in [0.2, 0.25) is 0 Å². The highest BCUT2D eigenvalue weighted by molar-refractivity contribution is 5.95. The fraction of sp³-hybridized carbons (Fsp3) is 0.318. The second kappa shape index (κ2) is 9.90. The zero-order chi connectivity index (χ0) is 23.3. The molecule has 0 saturated carbocycles. The minimum atomic E-state index is -0.500. The fourth-order valence-electron chi connectivity index (χ4n) is 3.65. The van der Waals surface area contributed by atoms with Crippen molar-refractivity contribution in [3.63, 3.8) is 0 Å². The Morgan fingerprint density at radius 2 is 2.09 bits per heavy atom. The SMILES string of the molecule is Cc1cn(CCCNC(=O)c2ccn3c(-c4c(C)noc4C)cnc3c2)[n+](C)c1.O=C[O-]. The molecule has 4 rings (SSSR count). The number of aryl methyl sites for hydroxylation is 5. The molecule has 0 radical (unpaired) electrons. The molecule has 0 unspecified atom stereocenters. The van der Waals surface area contributed by atoms with E-state index in [9.17, 15) is 4.79 Å². The Balaban J connectivity index is 0.000000913. The first-order chi connectivity index (χ1) is 15.3. The van der Waals surface area contributed by atoms with E-state index in [1.807, 2.05) is 31.5 Å². The summed E-state index contributed by atoms with van der Waals surface area (Å²) >= 11 is 0. The molecule has 0 fully saturated rings. The predicted molar refractivity (Wildman–Crippen MR) is 114 cm³/mol. The Labute approximate surface area is 185 Å². The number of hydrogen-bond donors (Lipinski definition) is 1. The lowest BCUT2D eigenvalue weighted by Gasteiger charge is -2.06. The molecule has 0 bridgehead atoms. The molecular weight excluding hydrogens is 412 g/mol. The van der Waals surface area contributed by atoms with Gasteiger partial charge in [0.1, 0.15) is 11.4 Å². The van der Waals surface area contributed by atoms with E-state index in [2.05, 4.69) is 44.1 Å². The molecule has 168 valence electrons. The average molecular weight is 438 g/mol. The maximum absolute atomic E-state index is 12.5. The van der Waals surface area contributed by atoms with Crippen molar-refractivity contribution >= 4 is 18.0 Å². The first kappa shape index (κ1) is 22.7. The molecule has 1 amide bonds. The number of carbonyl (C=O) groups is 2. The first-order valence-electron chi connectivity index (χ1n) is 10.1. The zero-order valence-corrected chi connectivity index (χ0v) is 18.5. The van der Waals surface area contributed by atoms with E-state index in [1.54, 1.807) is 18.3 Å². The fourth-order valence-corrected chi connectivity index (χ4v) is 3.65. The van der Waals surface area contributed by atoms with Gasteiger partial charge in [0.25, 0.3) is 5.91 Å². The largest absolute Gasteiger partial charge is 0.554 e. The molecule has 4 aromatic rings. The van der Waals surface area contributed by atoms with Crippen molar-refractivity contribution in [2.75, 3.05) is 6.54 Å². The Bertz CT molecular complexity index is 1220. The van der Waals surface area contributed by atoms with Crippen LogP contribution in [-0.2, 0) is 18.4 Å². The van der Waals surface area contributed by atoms with Crippen LogP contribution >= 0.6 is 0 Å². The van der Waals surface area contributed by atoms with Crippen LogP contribution in [-0.4, -0.2) is 38.1 Å². The molecule has 0 aliphatic carbocycles. The summed E-state index contributed by atoms with van der Waals surface area (Å²) < 4.78 is 11.4. The summed E-state index contributed by atoms with van der Waals surface area (Å²) in [7, 11) is 2.02. The van der Waals surface area contributed by atoms with E-state index in [0.29, 0.717) is 17.8 Å². The van der Waals surface area contributed by atoms with Gasteiger partial charge in [-0.25, -0.2) is 4.98 Å². The van der Waals surface area contributed by atoms with E-state index < -0.39 is 6.47 Å². The van der Waals surface area contributed by atoms with E-state index in [1.165, 1.54) is 5.56 Å². The van der Waals surface area contributed by atoms with Gasteiger partial charge in [0.05, 0.1) is 35.9 Å². The lowest BCUT2D eigenvalue weighted by molar-refractivity contribution is -0.753. The topological polar surface area (TPSA) is 121 Å². The molecule has 4 aromatic heterocycles. The molecule has 10 nitrogen and oxygen atoms in total. The number of hydrogen-bond acceptors (Lipinski definition) is 6. The number of carboxylic acid groups (broad SMARTS) is 1. The zero-order valence-electron chi connectivity index (χ0n) is 18.5. The van der Waals surface area contributed by atoms with Crippen LogP contribution in [0.3, 0.4) is 0 Å². The highest BCUT2D eigenvalue weighted by Gasteiger charge is 2.16. The maximum Gasteiger partial charge on any atom is 0.251 e. The van der Waals surface area contributed by atoms with Crippen molar-refractivity contribution in [2.24, 2.45) is 7.05 Å². The number of pyridine rings is 1. The van der Waals surface area contributed by atoms with Crippen LogP contribution in [0.5, 0.6) is 0 Å². The number of imidazole rings is 1. The van der Waals surface area contributed by atoms with Crippen molar-refractivity contribution in [1.82, 2.24) is 24.5 Å². The molecular formula is C22H26N6O4. The quantitative estimate of drug-likeness (QED) is 0.269. The van der Waals surface area contributed by atoms with Gasteiger partial charge in [-0.2, -0.15) is 4.68 Å². The highest BCUT2D eigenvalue weighted by Crippen LogP contribution is 2.27. The van der Waals surface area contributed by atoms with E-state index >= 15 is 0 Å². The lowest BCUT2D eigenvalue weighted by atomic mass is 10.1. The summed E-state index contributed by atoms with van der Waals surface area (Å²) in [6.45, 7) is 6.82. The molecule has 1 N–H and O–H groups in total. The molecule has 0 saturated heterocycles. The summed E-state index contributed by atoms with van der Waals surface area (Å²) in [5, 5.41) is 15.3. The van der Waals surface area contributed by atoms with Gasteiger partial charge in [-0.05, 0) is 39.3 Å². The molecule has 4 heterocycles. The Hall–Kier alpha value is -3.95.